The van der Waals surface area contributed by atoms with Gasteiger partial charge >= 0.3 is 6.19 Å². The van der Waals surface area contributed by atoms with Gasteiger partial charge in [0, 0.05) is 0 Å². The predicted molar refractivity (Wildman–Crippen MR) is 35.3 cm³/mol. The molecule has 1 aromatic carbocycles. The lowest BCUT2D eigenvalue weighted by atomic mass is 10.3. The standard InChI is InChI=1S/C7H5N3/c8-6-10(9)7-4-2-1-3-5-7/h1-5H. The molecule has 0 radical (unpaired) electrons. The van der Waals surface area contributed by atoms with E-state index in [1.807, 2.05) is 6.07 Å². The third kappa shape index (κ3) is 1.17. The Morgan fingerprint density at radius 2 is 1.90 bits per heavy atom. The van der Waals surface area contributed by atoms with Crippen LogP contribution in [0.25, 0.3) is 5.53 Å². The van der Waals surface area contributed by atoms with Crippen molar-refractivity contribution in [3.63, 3.8) is 0 Å². The van der Waals surface area contributed by atoms with Gasteiger partial charge in [0.15, 0.2) is 5.26 Å². The van der Waals surface area contributed by atoms with Crippen molar-refractivity contribution in [3.05, 3.63) is 35.9 Å². The normalized spacial score (nSPS) is 8.30. The van der Waals surface area contributed by atoms with Gasteiger partial charge in [-0.1, -0.05) is 18.2 Å². The smallest absolute Gasteiger partial charge is 0.448 e. The molecule has 0 fully saturated rings. The largest absolute Gasteiger partial charge is 0.596 e. The van der Waals surface area contributed by atoms with E-state index in [4.69, 9.17) is 10.8 Å². The molecule has 0 heterocycles. The van der Waals surface area contributed by atoms with Gasteiger partial charge in [-0.15, -0.1) is 0 Å². The summed E-state index contributed by atoms with van der Waals surface area (Å²) in [7, 11) is 0. The minimum absolute atomic E-state index is 0.477. The molecule has 1 aromatic rings. The van der Waals surface area contributed by atoms with Crippen LogP contribution in [0.5, 0.6) is 0 Å². The number of para-hydroxylation sites is 1. The van der Waals surface area contributed by atoms with Gasteiger partial charge in [-0.2, -0.15) is 0 Å². The summed E-state index contributed by atoms with van der Waals surface area (Å²) in [4.78, 5) is 0. The highest BCUT2D eigenvalue weighted by atomic mass is 15.2. The van der Waals surface area contributed by atoms with E-state index in [9.17, 15) is 0 Å². The van der Waals surface area contributed by atoms with Crippen molar-refractivity contribution in [1.29, 1.82) is 5.26 Å². The highest BCUT2D eigenvalue weighted by Crippen LogP contribution is 2.07. The Morgan fingerprint density at radius 3 is 2.40 bits per heavy atom. The number of nitrogens with zero attached hydrogens (tertiary/aromatic N) is 3. The molecule has 0 amide bonds. The average Bonchev–Trinajstić information content (AvgIpc) is 2.05. The lowest BCUT2D eigenvalue weighted by Gasteiger charge is -1.95. The average molecular weight is 131 g/mol. The van der Waals surface area contributed by atoms with Gasteiger partial charge < -0.3 is 5.53 Å². The SMILES string of the molecule is N#C[N+](=[N-])c1ccccc1. The summed E-state index contributed by atoms with van der Waals surface area (Å²) in [6, 6.07) is 8.59. The first-order valence-corrected chi connectivity index (χ1v) is 2.78. The number of hydrogen-bond acceptors (Lipinski definition) is 1. The van der Waals surface area contributed by atoms with E-state index in [0.29, 0.717) is 10.4 Å². The molecule has 48 valence electrons. The summed E-state index contributed by atoms with van der Waals surface area (Å²) in [6.45, 7) is 0. The third-order valence-electron chi connectivity index (χ3n) is 1.10. The zero-order valence-corrected chi connectivity index (χ0v) is 5.23. The molecule has 0 N–H and O–H groups in total. The summed E-state index contributed by atoms with van der Waals surface area (Å²) in [5.74, 6) is 0. The van der Waals surface area contributed by atoms with Crippen LogP contribution in [0.15, 0.2) is 30.3 Å². The molecule has 0 aromatic heterocycles. The molecule has 3 nitrogen and oxygen atoms in total. The van der Waals surface area contributed by atoms with Crippen LogP contribution in [0.4, 0.5) is 5.69 Å². The van der Waals surface area contributed by atoms with Gasteiger partial charge in [0.2, 0.25) is 0 Å². The van der Waals surface area contributed by atoms with Crippen molar-refractivity contribution in [2.24, 2.45) is 0 Å². The highest BCUT2D eigenvalue weighted by molar-refractivity contribution is 5.28. The van der Waals surface area contributed by atoms with Crippen LogP contribution in [0.3, 0.4) is 0 Å². The Labute approximate surface area is 58.6 Å². The molecule has 0 aliphatic carbocycles. The Hall–Kier alpha value is -1.69. The molecule has 0 spiro atoms. The van der Waals surface area contributed by atoms with Gasteiger partial charge in [0.25, 0.3) is 0 Å². The quantitative estimate of drug-likeness (QED) is 0.248. The van der Waals surface area contributed by atoms with Gasteiger partial charge in [-0.3, -0.25) is 0 Å². The first-order valence-electron chi connectivity index (χ1n) is 2.78. The summed E-state index contributed by atoms with van der Waals surface area (Å²) >= 11 is 0. The maximum Gasteiger partial charge on any atom is 0.448 e. The fraction of sp³-hybridized carbons (Fsp3) is 0. The summed E-state index contributed by atoms with van der Waals surface area (Å²) < 4.78 is 0.514. The van der Waals surface area contributed by atoms with Gasteiger partial charge in [0.1, 0.15) is 5.69 Å². The molecule has 0 aliphatic rings. The number of nitriles is 1. The molecule has 1 rings (SSSR count). The minimum atomic E-state index is 0.477. The van der Waals surface area contributed by atoms with Crippen molar-refractivity contribution in [3.8, 4) is 6.19 Å². The van der Waals surface area contributed by atoms with Crippen molar-refractivity contribution in [2.45, 2.75) is 0 Å². The van der Waals surface area contributed by atoms with Crippen LogP contribution in [0.1, 0.15) is 0 Å². The summed E-state index contributed by atoms with van der Waals surface area (Å²) in [6.07, 6.45) is 1.57. The van der Waals surface area contributed by atoms with Crippen LogP contribution in [0, 0.1) is 11.5 Å². The maximum absolute atomic E-state index is 8.80. The summed E-state index contributed by atoms with van der Waals surface area (Å²) in [5, 5.41) is 8.21. The Kier molecular flexibility index (Phi) is 1.76. The first kappa shape index (κ1) is 6.43. The second kappa shape index (κ2) is 2.74. The highest BCUT2D eigenvalue weighted by Gasteiger charge is 1.92. The molecule has 0 saturated carbocycles. The molecule has 0 bridgehead atoms. The van der Waals surface area contributed by atoms with E-state index in [-0.39, 0.29) is 0 Å². The second-order valence-corrected chi connectivity index (χ2v) is 1.75. The van der Waals surface area contributed by atoms with Crippen LogP contribution in [-0.2, 0) is 0 Å². The van der Waals surface area contributed by atoms with E-state index >= 15 is 0 Å². The third-order valence-corrected chi connectivity index (χ3v) is 1.10. The number of benzene rings is 1. The summed E-state index contributed by atoms with van der Waals surface area (Å²) in [5.41, 5.74) is 9.28. The van der Waals surface area contributed by atoms with E-state index < -0.39 is 0 Å². The molecule has 0 atom stereocenters. The van der Waals surface area contributed by atoms with Gasteiger partial charge in [0.05, 0.1) is 0 Å². The molecule has 0 aliphatic heterocycles. The number of hydrogen-bond donors (Lipinski definition) is 0. The Balaban J connectivity index is 2.99. The van der Waals surface area contributed by atoms with E-state index in [0.717, 1.165) is 0 Å². The van der Waals surface area contributed by atoms with Crippen molar-refractivity contribution < 1.29 is 4.70 Å². The number of rotatable bonds is 1. The van der Waals surface area contributed by atoms with Gasteiger partial charge in [-0.05, 0) is 12.1 Å². The van der Waals surface area contributed by atoms with E-state index in [2.05, 4.69) is 0 Å². The zero-order chi connectivity index (χ0) is 7.40. The monoisotopic (exact) mass is 131 g/mol. The van der Waals surface area contributed by atoms with Crippen LogP contribution < -0.4 is 0 Å². The van der Waals surface area contributed by atoms with Crippen molar-refractivity contribution in [1.82, 2.24) is 0 Å². The molecule has 0 saturated heterocycles. The van der Waals surface area contributed by atoms with E-state index in [1.54, 1.807) is 30.5 Å². The van der Waals surface area contributed by atoms with Crippen LogP contribution >= 0.6 is 0 Å². The lowest BCUT2D eigenvalue weighted by Crippen LogP contribution is -1.86. The maximum atomic E-state index is 8.80. The minimum Gasteiger partial charge on any atom is -0.596 e. The first-order chi connectivity index (χ1) is 4.84. The zero-order valence-electron chi connectivity index (χ0n) is 5.23. The Morgan fingerprint density at radius 1 is 1.30 bits per heavy atom. The van der Waals surface area contributed by atoms with Crippen molar-refractivity contribution in [2.75, 3.05) is 0 Å². The Bertz CT molecular complexity index is 271. The van der Waals surface area contributed by atoms with Crippen LogP contribution in [-0.4, -0.2) is 4.70 Å². The molecule has 3 heteroatoms. The molecule has 10 heavy (non-hydrogen) atoms. The van der Waals surface area contributed by atoms with Gasteiger partial charge in [-0.25, -0.2) is 4.70 Å². The van der Waals surface area contributed by atoms with Crippen molar-refractivity contribution >= 4 is 5.69 Å². The molecular weight excluding hydrogens is 126 g/mol. The fourth-order valence-electron chi connectivity index (χ4n) is 0.627. The second-order valence-electron chi connectivity index (χ2n) is 1.75. The fourth-order valence-corrected chi connectivity index (χ4v) is 0.627. The predicted octanol–water partition coefficient (Wildman–Crippen LogP) is 1.83. The lowest BCUT2D eigenvalue weighted by molar-refractivity contribution is -0.364. The topological polar surface area (TPSA) is 49.1 Å². The van der Waals surface area contributed by atoms with Crippen LogP contribution in [0.2, 0.25) is 0 Å². The van der Waals surface area contributed by atoms with E-state index in [1.165, 1.54) is 0 Å². The molecule has 0 unspecified atom stereocenters. The molecular formula is C7H5N3.